The first-order chi connectivity index (χ1) is 15.8. The maximum Gasteiger partial charge on any atom is 0.434 e. The maximum atomic E-state index is 13.9. The van der Waals surface area contributed by atoms with Crippen molar-refractivity contribution in [3.63, 3.8) is 0 Å². The third-order valence-corrected chi connectivity index (χ3v) is 4.93. The third-order valence-electron chi connectivity index (χ3n) is 4.31. The Kier molecular flexibility index (Phi) is 5.95. The van der Waals surface area contributed by atoms with Crippen molar-refractivity contribution in [1.29, 1.82) is 0 Å². The highest BCUT2D eigenvalue weighted by molar-refractivity contribution is 7.98. The van der Waals surface area contributed by atoms with Gasteiger partial charge in [0, 0.05) is 11.8 Å². The number of amides is 1. The van der Waals surface area contributed by atoms with Crippen molar-refractivity contribution in [2.24, 2.45) is 0 Å². The zero-order valence-electron chi connectivity index (χ0n) is 17.0. The van der Waals surface area contributed by atoms with E-state index in [-0.39, 0.29) is 17.4 Å². The molecule has 1 amide bonds. The Morgan fingerprint density at radius 2 is 1.94 bits per heavy atom. The number of nitrogens with zero attached hydrogens (tertiary/aromatic N) is 8. The molecule has 1 aromatic carbocycles. The average molecular weight is 477 g/mol. The molecule has 0 aliphatic rings. The normalized spacial score (nSPS) is 11.4. The van der Waals surface area contributed by atoms with Gasteiger partial charge in [-0.2, -0.15) is 23.0 Å². The number of methoxy groups -OCH3 is 1. The summed E-state index contributed by atoms with van der Waals surface area (Å²) in [5.74, 6) is -1.12. The van der Waals surface area contributed by atoms with Gasteiger partial charge < -0.3 is 10.1 Å². The monoisotopic (exact) mass is 477 g/mol. The molecule has 11 nitrogen and oxygen atoms in total. The molecule has 33 heavy (non-hydrogen) atoms. The molecular formula is C18H14F3N9O2S. The number of rotatable bonds is 6. The van der Waals surface area contributed by atoms with Gasteiger partial charge in [0.2, 0.25) is 11.0 Å². The van der Waals surface area contributed by atoms with Crippen molar-refractivity contribution in [3.8, 4) is 17.4 Å². The first-order valence-electron chi connectivity index (χ1n) is 9.09. The number of alkyl halides is 3. The Morgan fingerprint density at radius 3 is 2.61 bits per heavy atom. The molecule has 0 bridgehead atoms. The SMILES string of the molecule is COc1ccc(-n2ncc(C(=O)Nc3cccc(-n4nnnc4SC)c3)c2C(F)(F)F)nn1. The predicted molar refractivity (Wildman–Crippen MR) is 110 cm³/mol. The minimum Gasteiger partial charge on any atom is -0.480 e. The number of ether oxygens (including phenoxy) is 1. The Morgan fingerprint density at radius 1 is 1.12 bits per heavy atom. The minimum atomic E-state index is -4.90. The van der Waals surface area contributed by atoms with E-state index in [1.807, 2.05) is 0 Å². The zero-order chi connectivity index (χ0) is 23.6. The number of carbonyl (C=O) groups excluding carboxylic acids is 1. The van der Waals surface area contributed by atoms with Crippen LogP contribution in [0.5, 0.6) is 5.88 Å². The van der Waals surface area contributed by atoms with Gasteiger partial charge in [-0.1, -0.05) is 17.8 Å². The second kappa shape index (κ2) is 8.85. The lowest BCUT2D eigenvalue weighted by molar-refractivity contribution is -0.143. The first kappa shape index (κ1) is 22.2. The number of anilines is 1. The van der Waals surface area contributed by atoms with Gasteiger partial charge in [-0.25, -0.2) is 4.68 Å². The van der Waals surface area contributed by atoms with E-state index in [1.165, 1.54) is 47.8 Å². The summed E-state index contributed by atoms with van der Waals surface area (Å²) in [5, 5.41) is 25.3. The summed E-state index contributed by atoms with van der Waals surface area (Å²) in [7, 11) is 1.34. The summed E-state index contributed by atoms with van der Waals surface area (Å²) in [5.41, 5.74) is -1.22. The zero-order valence-corrected chi connectivity index (χ0v) is 17.8. The molecule has 0 fully saturated rings. The van der Waals surface area contributed by atoms with E-state index in [0.717, 1.165) is 6.20 Å². The lowest BCUT2D eigenvalue weighted by Gasteiger charge is -2.12. The van der Waals surface area contributed by atoms with Gasteiger partial charge in [0.25, 0.3) is 5.91 Å². The average Bonchev–Trinajstić information content (AvgIpc) is 3.46. The highest BCUT2D eigenvalue weighted by Gasteiger charge is 2.41. The van der Waals surface area contributed by atoms with E-state index in [2.05, 4.69) is 36.1 Å². The minimum absolute atomic E-state index is 0.115. The molecule has 3 aromatic heterocycles. The van der Waals surface area contributed by atoms with Gasteiger partial charge in [0.1, 0.15) is 0 Å². The van der Waals surface area contributed by atoms with Gasteiger partial charge in [-0.15, -0.1) is 15.3 Å². The molecular weight excluding hydrogens is 463 g/mol. The number of aromatic nitrogens is 8. The number of carbonyl (C=O) groups is 1. The Labute approximate surface area is 188 Å². The molecule has 3 heterocycles. The van der Waals surface area contributed by atoms with Crippen LogP contribution in [0.2, 0.25) is 0 Å². The summed E-state index contributed by atoms with van der Waals surface area (Å²) in [6.07, 6.45) is -2.29. The summed E-state index contributed by atoms with van der Waals surface area (Å²) in [4.78, 5) is 12.8. The highest BCUT2D eigenvalue weighted by atomic mass is 32.2. The summed E-state index contributed by atoms with van der Waals surface area (Å²) in [6.45, 7) is 0. The molecule has 0 aliphatic carbocycles. The fourth-order valence-electron chi connectivity index (χ4n) is 2.88. The van der Waals surface area contributed by atoms with Gasteiger partial charge >= 0.3 is 6.18 Å². The molecule has 0 saturated heterocycles. The molecule has 0 saturated carbocycles. The first-order valence-corrected chi connectivity index (χ1v) is 10.3. The molecule has 0 radical (unpaired) electrons. The van der Waals surface area contributed by atoms with Crippen LogP contribution in [0.15, 0.2) is 47.8 Å². The number of hydrogen-bond acceptors (Lipinski definition) is 9. The van der Waals surface area contributed by atoms with Crippen LogP contribution in [0.25, 0.3) is 11.5 Å². The second-order valence-corrected chi connectivity index (χ2v) is 7.11. The predicted octanol–water partition coefficient (Wildman–Crippen LogP) is 2.64. The largest absolute Gasteiger partial charge is 0.480 e. The van der Waals surface area contributed by atoms with Gasteiger partial charge in [-0.3, -0.25) is 4.79 Å². The topological polar surface area (TPSA) is 126 Å². The lowest BCUT2D eigenvalue weighted by Crippen LogP contribution is -2.21. The van der Waals surface area contributed by atoms with Crippen molar-refractivity contribution < 1.29 is 22.7 Å². The van der Waals surface area contributed by atoms with E-state index >= 15 is 0 Å². The Hall–Kier alpha value is -4.01. The molecule has 4 rings (SSSR count). The number of nitrogens with one attached hydrogen (secondary N) is 1. The summed E-state index contributed by atoms with van der Waals surface area (Å²) in [6, 6.07) is 8.93. The highest BCUT2D eigenvalue weighted by Crippen LogP contribution is 2.34. The number of benzene rings is 1. The van der Waals surface area contributed by atoms with E-state index in [4.69, 9.17) is 4.74 Å². The van der Waals surface area contributed by atoms with Crippen molar-refractivity contribution in [2.45, 2.75) is 11.3 Å². The van der Waals surface area contributed by atoms with Crippen LogP contribution in [-0.4, -0.2) is 59.5 Å². The van der Waals surface area contributed by atoms with Crippen molar-refractivity contribution in [1.82, 2.24) is 40.2 Å². The molecule has 0 atom stereocenters. The Bertz CT molecular complexity index is 1290. The fourth-order valence-corrected chi connectivity index (χ4v) is 3.31. The van der Waals surface area contributed by atoms with Gasteiger partial charge in [-0.05, 0) is 40.9 Å². The molecule has 4 aromatic rings. The molecule has 0 aliphatic heterocycles. The van der Waals surface area contributed by atoms with E-state index in [0.29, 0.717) is 15.5 Å². The number of tetrazole rings is 1. The summed E-state index contributed by atoms with van der Waals surface area (Å²) < 4.78 is 48.4. The molecule has 170 valence electrons. The molecule has 1 N–H and O–H groups in total. The van der Waals surface area contributed by atoms with E-state index < -0.39 is 23.3 Å². The van der Waals surface area contributed by atoms with Crippen molar-refractivity contribution >= 4 is 23.4 Å². The lowest BCUT2D eigenvalue weighted by atomic mass is 10.2. The second-order valence-electron chi connectivity index (χ2n) is 6.33. The maximum absolute atomic E-state index is 13.9. The summed E-state index contributed by atoms with van der Waals surface area (Å²) >= 11 is 1.31. The molecule has 0 spiro atoms. The number of hydrogen-bond donors (Lipinski definition) is 1. The van der Waals surface area contributed by atoms with Crippen LogP contribution in [0.4, 0.5) is 18.9 Å². The van der Waals surface area contributed by atoms with Crippen molar-refractivity contribution in [2.75, 3.05) is 18.7 Å². The fraction of sp³-hybridized carbons (Fsp3) is 0.167. The number of thioether (sulfide) groups is 1. The molecule has 15 heteroatoms. The van der Waals surface area contributed by atoms with Crippen LogP contribution in [0.1, 0.15) is 16.1 Å². The van der Waals surface area contributed by atoms with E-state index in [1.54, 1.807) is 18.4 Å². The smallest absolute Gasteiger partial charge is 0.434 e. The van der Waals surface area contributed by atoms with Crippen LogP contribution >= 0.6 is 11.8 Å². The quantitative estimate of drug-likeness (QED) is 0.417. The van der Waals surface area contributed by atoms with Crippen LogP contribution in [0, 0.1) is 0 Å². The van der Waals surface area contributed by atoms with Crippen LogP contribution < -0.4 is 10.1 Å². The van der Waals surface area contributed by atoms with Gasteiger partial charge in [0.05, 0.1) is 24.6 Å². The van der Waals surface area contributed by atoms with E-state index in [9.17, 15) is 18.0 Å². The van der Waals surface area contributed by atoms with Crippen LogP contribution in [0.3, 0.4) is 0 Å². The number of halogens is 3. The third kappa shape index (κ3) is 4.48. The standard InChI is InChI=1S/C18H14F3N9O2S/c1-32-14-7-6-13(24-25-14)30-15(18(19,20)21)12(9-22-30)16(31)23-10-4-3-5-11(8-10)29-17(33-2)26-27-28-29/h3-9H,1-2H3,(H,23,31). The molecule has 0 unspecified atom stereocenters. The Balaban J connectivity index is 1.66. The van der Waals surface area contributed by atoms with Crippen LogP contribution in [-0.2, 0) is 6.18 Å². The van der Waals surface area contributed by atoms with Gasteiger partial charge in [0.15, 0.2) is 11.5 Å². The van der Waals surface area contributed by atoms with Crippen molar-refractivity contribution in [3.05, 3.63) is 53.9 Å².